The number of benzene rings is 2. The van der Waals surface area contributed by atoms with Crippen LogP contribution in [0.4, 0.5) is 10.1 Å². The number of aliphatic hydroxyl groups excluding tert-OH is 1. The van der Waals surface area contributed by atoms with Crippen LogP contribution in [0.5, 0.6) is 0 Å². The molecule has 3 aromatic rings. The summed E-state index contributed by atoms with van der Waals surface area (Å²) in [6, 6.07) is 10.4. The molecule has 23 heavy (non-hydrogen) atoms. The fraction of sp³-hybridized carbons (Fsp3) is 0.0588. The summed E-state index contributed by atoms with van der Waals surface area (Å²) < 4.78 is 13.1. The van der Waals surface area contributed by atoms with Gasteiger partial charge in [-0.15, -0.1) is 0 Å². The first-order valence-electron chi connectivity index (χ1n) is 7.06. The molecule has 0 spiro atoms. The Bertz CT molecular complexity index is 930. The van der Waals surface area contributed by atoms with Crippen molar-refractivity contribution < 1.29 is 14.3 Å². The molecule has 0 fully saturated rings. The van der Waals surface area contributed by atoms with Crippen molar-refractivity contribution in [3.05, 3.63) is 72.0 Å². The van der Waals surface area contributed by atoms with Crippen molar-refractivity contribution in [1.29, 1.82) is 0 Å². The van der Waals surface area contributed by atoms with E-state index in [0.29, 0.717) is 11.3 Å². The molecule has 1 aliphatic heterocycles. The maximum absolute atomic E-state index is 13.1. The first-order valence-corrected chi connectivity index (χ1v) is 7.06. The second-order valence-electron chi connectivity index (χ2n) is 5.34. The fourth-order valence-electron chi connectivity index (χ4n) is 2.85. The van der Waals surface area contributed by atoms with Gasteiger partial charge in [0.25, 0.3) is 5.91 Å². The van der Waals surface area contributed by atoms with Crippen molar-refractivity contribution in [2.45, 2.75) is 6.04 Å². The van der Waals surface area contributed by atoms with E-state index >= 15 is 0 Å². The van der Waals surface area contributed by atoms with Crippen LogP contribution < -0.4 is 4.90 Å². The smallest absolute Gasteiger partial charge is 0.255 e. The van der Waals surface area contributed by atoms with Gasteiger partial charge in [0.1, 0.15) is 17.6 Å². The zero-order chi connectivity index (χ0) is 16.0. The van der Waals surface area contributed by atoms with E-state index in [1.165, 1.54) is 23.1 Å². The van der Waals surface area contributed by atoms with Gasteiger partial charge in [-0.25, -0.2) is 9.37 Å². The van der Waals surface area contributed by atoms with E-state index in [1.807, 2.05) is 0 Å². The average Bonchev–Trinajstić information content (AvgIpc) is 3.11. The molecule has 0 bridgehead atoms. The van der Waals surface area contributed by atoms with Crippen LogP contribution in [0.2, 0.25) is 0 Å². The lowest BCUT2D eigenvalue weighted by molar-refractivity contribution is -0.113. The zero-order valence-electron chi connectivity index (χ0n) is 11.9. The third kappa shape index (κ3) is 2.15. The van der Waals surface area contributed by atoms with Crippen molar-refractivity contribution in [2.75, 3.05) is 4.90 Å². The Morgan fingerprint density at radius 2 is 1.96 bits per heavy atom. The number of aromatic nitrogens is 2. The highest BCUT2D eigenvalue weighted by atomic mass is 19.1. The van der Waals surface area contributed by atoms with Crippen LogP contribution in [0.1, 0.15) is 11.6 Å². The number of nitrogens with zero attached hydrogens (tertiary/aromatic N) is 2. The summed E-state index contributed by atoms with van der Waals surface area (Å²) in [6.07, 6.45) is 2.76. The van der Waals surface area contributed by atoms with E-state index in [9.17, 15) is 14.3 Å². The largest absolute Gasteiger partial charge is 0.510 e. The molecule has 2 heterocycles. The highest BCUT2D eigenvalue weighted by Crippen LogP contribution is 2.37. The van der Waals surface area contributed by atoms with Crippen LogP contribution in [0, 0.1) is 5.82 Å². The summed E-state index contributed by atoms with van der Waals surface area (Å²) in [5.41, 5.74) is 2.84. The number of fused-ring (bicyclic) bond motifs is 1. The number of hydrogen-bond donors (Lipinski definition) is 2. The van der Waals surface area contributed by atoms with Crippen LogP contribution in [-0.4, -0.2) is 21.0 Å². The molecule has 1 aliphatic rings. The van der Waals surface area contributed by atoms with E-state index < -0.39 is 6.04 Å². The Morgan fingerprint density at radius 1 is 1.17 bits per heavy atom. The molecular formula is C17H12FN3O2. The van der Waals surface area contributed by atoms with Crippen molar-refractivity contribution in [3.8, 4) is 0 Å². The standard InChI is InChI=1S/C17H12FN3O2/c18-11-3-1-10(2-4-11)17-15(22)8-16(23)21(17)12-5-6-13-14(7-12)20-9-19-13/h1-9,17,22H,(H,19,20). The lowest BCUT2D eigenvalue weighted by atomic mass is 10.0. The number of carbonyl (C=O) groups is 1. The van der Waals surface area contributed by atoms with Crippen molar-refractivity contribution in [2.24, 2.45) is 0 Å². The number of anilines is 1. The van der Waals surface area contributed by atoms with Gasteiger partial charge in [-0.3, -0.25) is 9.69 Å². The normalized spacial score (nSPS) is 17.8. The SMILES string of the molecule is O=C1C=C(O)C(c2ccc(F)cc2)N1c1ccc2nc[nH]c2c1. The third-order valence-corrected chi connectivity index (χ3v) is 3.91. The maximum atomic E-state index is 13.1. The molecule has 1 amide bonds. The van der Waals surface area contributed by atoms with E-state index in [4.69, 9.17) is 0 Å². The summed E-state index contributed by atoms with van der Waals surface area (Å²) in [4.78, 5) is 20.9. The van der Waals surface area contributed by atoms with Gasteiger partial charge in [-0.2, -0.15) is 0 Å². The molecule has 1 atom stereocenters. The van der Waals surface area contributed by atoms with Crippen molar-refractivity contribution >= 4 is 22.6 Å². The molecule has 0 saturated carbocycles. The topological polar surface area (TPSA) is 69.2 Å². The Labute approximate surface area is 130 Å². The molecule has 6 heteroatoms. The molecule has 2 N–H and O–H groups in total. The van der Waals surface area contributed by atoms with Crippen LogP contribution in [-0.2, 0) is 4.79 Å². The average molecular weight is 309 g/mol. The highest BCUT2D eigenvalue weighted by molar-refractivity contribution is 6.06. The van der Waals surface area contributed by atoms with Crippen LogP contribution >= 0.6 is 0 Å². The quantitative estimate of drug-likeness (QED) is 0.763. The number of aromatic amines is 1. The minimum Gasteiger partial charge on any atom is -0.510 e. The van der Waals surface area contributed by atoms with E-state index in [-0.39, 0.29) is 17.5 Å². The van der Waals surface area contributed by atoms with E-state index in [1.54, 1.807) is 36.7 Å². The van der Waals surface area contributed by atoms with Crippen LogP contribution in [0.25, 0.3) is 11.0 Å². The number of halogens is 1. The van der Waals surface area contributed by atoms with Gasteiger partial charge in [0.05, 0.1) is 17.4 Å². The minimum atomic E-state index is -0.663. The number of H-pyrrole nitrogens is 1. The summed E-state index contributed by atoms with van der Waals surface area (Å²) in [7, 11) is 0. The summed E-state index contributed by atoms with van der Waals surface area (Å²) >= 11 is 0. The molecule has 4 rings (SSSR count). The number of nitrogens with one attached hydrogen (secondary N) is 1. The highest BCUT2D eigenvalue weighted by Gasteiger charge is 2.35. The number of amides is 1. The number of rotatable bonds is 2. The first kappa shape index (κ1) is 13.5. The second kappa shape index (κ2) is 4.95. The van der Waals surface area contributed by atoms with Gasteiger partial charge >= 0.3 is 0 Å². The number of carbonyl (C=O) groups excluding carboxylic acids is 1. The number of aliphatic hydroxyl groups is 1. The number of imidazole rings is 1. The molecule has 1 unspecified atom stereocenters. The molecule has 0 saturated heterocycles. The first-order chi connectivity index (χ1) is 11.1. The van der Waals surface area contributed by atoms with Crippen LogP contribution in [0.3, 0.4) is 0 Å². The molecule has 114 valence electrons. The van der Waals surface area contributed by atoms with Gasteiger partial charge in [-0.05, 0) is 35.9 Å². The van der Waals surface area contributed by atoms with Crippen LogP contribution in [0.15, 0.2) is 60.6 Å². The zero-order valence-corrected chi connectivity index (χ0v) is 11.9. The van der Waals surface area contributed by atoms with Gasteiger partial charge in [0.15, 0.2) is 0 Å². The molecular weight excluding hydrogens is 297 g/mol. The third-order valence-electron chi connectivity index (χ3n) is 3.91. The van der Waals surface area contributed by atoms with Gasteiger partial charge in [0, 0.05) is 11.8 Å². The minimum absolute atomic E-state index is 0.0636. The van der Waals surface area contributed by atoms with Gasteiger partial charge < -0.3 is 10.1 Å². The molecule has 0 aliphatic carbocycles. The lowest BCUT2D eigenvalue weighted by Crippen LogP contribution is -2.29. The predicted octanol–water partition coefficient (Wildman–Crippen LogP) is 3.23. The fourth-order valence-corrected chi connectivity index (χ4v) is 2.85. The Hall–Kier alpha value is -3.15. The van der Waals surface area contributed by atoms with Gasteiger partial charge in [0.2, 0.25) is 0 Å². The Balaban J connectivity index is 1.81. The molecule has 1 aromatic heterocycles. The molecule has 5 nitrogen and oxygen atoms in total. The van der Waals surface area contributed by atoms with Gasteiger partial charge in [-0.1, -0.05) is 12.1 Å². The molecule has 0 radical (unpaired) electrons. The Morgan fingerprint density at radius 3 is 2.74 bits per heavy atom. The molecule has 2 aromatic carbocycles. The Kier molecular flexibility index (Phi) is 2.90. The second-order valence-corrected chi connectivity index (χ2v) is 5.34. The maximum Gasteiger partial charge on any atom is 0.255 e. The summed E-state index contributed by atoms with van der Waals surface area (Å²) in [5, 5.41) is 10.2. The number of hydrogen-bond acceptors (Lipinski definition) is 3. The predicted molar refractivity (Wildman–Crippen MR) is 83.4 cm³/mol. The van der Waals surface area contributed by atoms with Crippen molar-refractivity contribution in [3.63, 3.8) is 0 Å². The lowest BCUT2D eigenvalue weighted by Gasteiger charge is -2.26. The summed E-state index contributed by atoms with van der Waals surface area (Å²) in [5.74, 6) is -0.756. The monoisotopic (exact) mass is 309 g/mol. The van der Waals surface area contributed by atoms with E-state index in [0.717, 1.165) is 11.0 Å². The van der Waals surface area contributed by atoms with E-state index in [2.05, 4.69) is 9.97 Å². The summed E-state index contributed by atoms with van der Waals surface area (Å²) in [6.45, 7) is 0. The van der Waals surface area contributed by atoms with Crippen molar-refractivity contribution in [1.82, 2.24) is 9.97 Å².